The van der Waals surface area contributed by atoms with Gasteiger partial charge in [-0.3, -0.25) is 0 Å². The summed E-state index contributed by atoms with van der Waals surface area (Å²) in [6.45, 7) is 0.363. The van der Waals surface area contributed by atoms with Crippen LogP contribution in [0.1, 0.15) is 6.92 Å². The maximum absolute atomic E-state index is 13.0. The van der Waals surface area contributed by atoms with E-state index in [1.54, 1.807) is 0 Å². The van der Waals surface area contributed by atoms with Crippen LogP contribution < -0.4 is 0 Å². The Morgan fingerprint density at radius 2 is 2.36 bits per heavy atom. The number of esters is 1. The lowest BCUT2D eigenvalue weighted by Crippen LogP contribution is -2.40. The number of hydrogen-bond donors (Lipinski definition) is 2. The number of halogens is 1. The van der Waals surface area contributed by atoms with Crippen molar-refractivity contribution < 1.29 is 24.1 Å². The summed E-state index contributed by atoms with van der Waals surface area (Å²) in [5, 5.41) is 17.5. The van der Waals surface area contributed by atoms with Crippen molar-refractivity contribution in [1.82, 2.24) is 0 Å². The van der Waals surface area contributed by atoms with E-state index in [-0.39, 0.29) is 0 Å². The second-order valence-electron chi connectivity index (χ2n) is 2.65. The Morgan fingerprint density at radius 3 is 2.55 bits per heavy atom. The average molecular weight is 164 g/mol. The summed E-state index contributed by atoms with van der Waals surface area (Å²) >= 11 is 0. The number of rotatable bonds is 1. The normalized spacial score (nSPS) is 44.2. The van der Waals surface area contributed by atoms with Crippen LogP contribution in [0.2, 0.25) is 0 Å². The van der Waals surface area contributed by atoms with Gasteiger partial charge in [0, 0.05) is 0 Å². The van der Waals surface area contributed by atoms with E-state index in [1.165, 1.54) is 0 Å². The van der Waals surface area contributed by atoms with Crippen LogP contribution >= 0.6 is 0 Å². The Kier molecular flexibility index (Phi) is 1.85. The molecule has 1 heterocycles. The summed E-state index contributed by atoms with van der Waals surface area (Å²) in [6.07, 6.45) is -2.70. The summed E-state index contributed by atoms with van der Waals surface area (Å²) < 4.78 is 17.3. The molecular weight excluding hydrogens is 155 g/mol. The van der Waals surface area contributed by atoms with Crippen molar-refractivity contribution >= 4 is 5.97 Å². The molecular formula is C6H9FO4. The van der Waals surface area contributed by atoms with E-state index in [0.717, 1.165) is 6.92 Å². The molecule has 0 bridgehead atoms. The molecule has 0 spiro atoms. The lowest BCUT2D eigenvalue weighted by Gasteiger charge is -2.14. The molecule has 0 aromatic carbocycles. The van der Waals surface area contributed by atoms with Gasteiger partial charge in [0.25, 0.3) is 0 Å². The van der Waals surface area contributed by atoms with Gasteiger partial charge in [0.15, 0.2) is 6.10 Å². The first-order valence-electron chi connectivity index (χ1n) is 3.19. The van der Waals surface area contributed by atoms with E-state index in [0.29, 0.717) is 0 Å². The van der Waals surface area contributed by atoms with Crippen LogP contribution in [0.3, 0.4) is 0 Å². The first-order chi connectivity index (χ1) is 5.00. The third kappa shape index (κ3) is 1.10. The molecule has 11 heavy (non-hydrogen) atoms. The zero-order valence-corrected chi connectivity index (χ0v) is 5.95. The third-order valence-electron chi connectivity index (χ3n) is 1.75. The van der Waals surface area contributed by atoms with Crippen LogP contribution in [0.4, 0.5) is 4.39 Å². The number of carbonyl (C=O) groups excluding carboxylic acids is 1. The van der Waals surface area contributed by atoms with Crippen LogP contribution in [-0.4, -0.2) is 40.7 Å². The largest absolute Gasteiger partial charge is 0.455 e. The van der Waals surface area contributed by atoms with Gasteiger partial charge in [-0.15, -0.1) is 0 Å². The molecule has 4 nitrogen and oxygen atoms in total. The number of cyclic esters (lactones) is 1. The van der Waals surface area contributed by atoms with Gasteiger partial charge in [-0.2, -0.15) is 0 Å². The Balaban J connectivity index is 2.80. The van der Waals surface area contributed by atoms with Gasteiger partial charge < -0.3 is 14.9 Å². The second-order valence-corrected chi connectivity index (χ2v) is 2.65. The fraction of sp³-hybridized carbons (Fsp3) is 0.833. The summed E-state index contributed by atoms with van der Waals surface area (Å²) in [5.74, 6) is -1.12. The zero-order chi connectivity index (χ0) is 8.65. The van der Waals surface area contributed by atoms with Gasteiger partial charge in [0.05, 0.1) is 6.61 Å². The summed E-state index contributed by atoms with van der Waals surface area (Å²) in [7, 11) is 0. The van der Waals surface area contributed by atoms with E-state index >= 15 is 0 Å². The molecule has 1 saturated heterocycles. The summed E-state index contributed by atoms with van der Waals surface area (Å²) in [5.41, 5.74) is -2.38. The lowest BCUT2D eigenvalue weighted by molar-refractivity contribution is -0.150. The molecule has 0 aliphatic carbocycles. The SMILES string of the molecule is C[C@@]1(F)C(=O)O[C@H](CO)C1O. The molecule has 1 aliphatic heterocycles. The van der Waals surface area contributed by atoms with Gasteiger partial charge in [0.2, 0.25) is 5.67 Å². The molecule has 3 atom stereocenters. The first-order valence-corrected chi connectivity index (χ1v) is 3.19. The Bertz CT molecular complexity index is 179. The second kappa shape index (κ2) is 2.42. The smallest absolute Gasteiger partial charge is 0.346 e. The number of carbonyl (C=O) groups is 1. The maximum Gasteiger partial charge on any atom is 0.346 e. The highest BCUT2D eigenvalue weighted by molar-refractivity contribution is 5.82. The van der Waals surface area contributed by atoms with Crippen LogP contribution in [0.15, 0.2) is 0 Å². The molecule has 2 N–H and O–H groups in total. The fourth-order valence-electron chi connectivity index (χ4n) is 0.924. The van der Waals surface area contributed by atoms with E-state index in [1.807, 2.05) is 0 Å². The quantitative estimate of drug-likeness (QED) is 0.487. The molecule has 1 rings (SSSR count). The van der Waals surface area contributed by atoms with Gasteiger partial charge in [-0.25, -0.2) is 9.18 Å². The summed E-state index contributed by atoms with van der Waals surface area (Å²) in [6, 6.07) is 0. The Labute approximate surface area is 62.6 Å². The van der Waals surface area contributed by atoms with Crippen molar-refractivity contribution in [1.29, 1.82) is 0 Å². The Morgan fingerprint density at radius 1 is 1.82 bits per heavy atom. The molecule has 0 saturated carbocycles. The Hall–Kier alpha value is -0.680. The maximum atomic E-state index is 13.0. The molecule has 64 valence electrons. The third-order valence-corrected chi connectivity index (χ3v) is 1.75. The standard InChI is InChI=1S/C6H9FO4/c1-6(7)4(9)3(2-8)11-5(6)10/h3-4,8-9H,2H2,1H3/t3-,4?,6+/m1/s1. The van der Waals surface area contributed by atoms with Gasteiger partial charge in [0.1, 0.15) is 6.10 Å². The number of ether oxygens (including phenoxy) is 1. The van der Waals surface area contributed by atoms with Crippen LogP contribution in [0.25, 0.3) is 0 Å². The minimum absolute atomic E-state index is 0.563. The van der Waals surface area contributed by atoms with Crippen molar-refractivity contribution in [3.63, 3.8) is 0 Å². The highest BCUT2D eigenvalue weighted by Gasteiger charge is 2.54. The van der Waals surface area contributed by atoms with E-state index in [2.05, 4.69) is 4.74 Å². The van der Waals surface area contributed by atoms with Crippen molar-refractivity contribution in [2.45, 2.75) is 24.8 Å². The minimum atomic E-state index is -2.38. The predicted octanol–water partition coefficient (Wildman–Crippen LogP) is -1.01. The fourth-order valence-corrected chi connectivity index (χ4v) is 0.924. The van der Waals surface area contributed by atoms with Gasteiger partial charge in [-0.1, -0.05) is 0 Å². The zero-order valence-electron chi connectivity index (χ0n) is 5.95. The van der Waals surface area contributed by atoms with Crippen molar-refractivity contribution in [3.8, 4) is 0 Å². The molecule has 5 heteroatoms. The van der Waals surface area contributed by atoms with Gasteiger partial charge >= 0.3 is 5.97 Å². The van der Waals surface area contributed by atoms with Crippen molar-refractivity contribution in [3.05, 3.63) is 0 Å². The average Bonchev–Trinajstić information content (AvgIpc) is 2.14. The van der Waals surface area contributed by atoms with Crippen LogP contribution in [-0.2, 0) is 9.53 Å². The first kappa shape index (κ1) is 8.42. The molecule has 0 amide bonds. The number of hydrogen-bond acceptors (Lipinski definition) is 4. The topological polar surface area (TPSA) is 66.8 Å². The number of aliphatic hydroxyl groups excluding tert-OH is 2. The predicted molar refractivity (Wildman–Crippen MR) is 32.5 cm³/mol. The molecule has 1 fully saturated rings. The molecule has 0 aromatic heterocycles. The van der Waals surface area contributed by atoms with E-state index in [4.69, 9.17) is 10.2 Å². The van der Waals surface area contributed by atoms with Gasteiger partial charge in [-0.05, 0) is 6.92 Å². The molecule has 0 radical (unpaired) electrons. The van der Waals surface area contributed by atoms with E-state index < -0.39 is 30.5 Å². The lowest BCUT2D eigenvalue weighted by atomic mass is 10.0. The monoisotopic (exact) mass is 164 g/mol. The molecule has 0 aromatic rings. The number of alkyl halides is 1. The summed E-state index contributed by atoms with van der Waals surface area (Å²) in [4.78, 5) is 10.6. The minimum Gasteiger partial charge on any atom is -0.455 e. The van der Waals surface area contributed by atoms with Crippen LogP contribution in [0, 0.1) is 0 Å². The molecule has 1 unspecified atom stereocenters. The molecule has 1 aliphatic rings. The van der Waals surface area contributed by atoms with Crippen molar-refractivity contribution in [2.24, 2.45) is 0 Å². The highest BCUT2D eigenvalue weighted by atomic mass is 19.1. The van der Waals surface area contributed by atoms with Crippen LogP contribution in [0.5, 0.6) is 0 Å². The van der Waals surface area contributed by atoms with Crippen molar-refractivity contribution in [2.75, 3.05) is 6.61 Å². The van der Waals surface area contributed by atoms with E-state index in [9.17, 15) is 9.18 Å². The number of aliphatic hydroxyl groups is 2. The highest BCUT2D eigenvalue weighted by Crippen LogP contribution is 2.29.